The van der Waals surface area contributed by atoms with Crippen LogP contribution in [0.2, 0.25) is 0 Å². The molecule has 0 aliphatic heterocycles. The maximum absolute atomic E-state index is 10.8. The van der Waals surface area contributed by atoms with Crippen LogP contribution in [0.5, 0.6) is 0 Å². The van der Waals surface area contributed by atoms with Gasteiger partial charge in [0.2, 0.25) is 5.70 Å². The highest BCUT2D eigenvalue weighted by atomic mass is 16.5. The van der Waals surface area contributed by atoms with Crippen LogP contribution in [0.25, 0.3) is 0 Å². The number of carbonyl (C=O) groups is 1. The molecule has 0 saturated carbocycles. The monoisotopic (exact) mass is 158 g/mol. The van der Waals surface area contributed by atoms with Gasteiger partial charge < -0.3 is 9.84 Å². The van der Waals surface area contributed by atoms with Crippen molar-refractivity contribution in [2.24, 2.45) is 5.11 Å². The van der Waals surface area contributed by atoms with Crippen LogP contribution >= 0.6 is 0 Å². The number of hydrogen-bond acceptors (Lipinski definition) is 5. The highest BCUT2D eigenvalue weighted by molar-refractivity contribution is 5.88. The summed E-state index contributed by atoms with van der Waals surface area (Å²) in [4.78, 5) is 10.8. The van der Waals surface area contributed by atoms with E-state index in [0.717, 1.165) is 0 Å². The summed E-state index contributed by atoms with van der Waals surface area (Å²) in [5.74, 6) is -1.08. The van der Waals surface area contributed by atoms with E-state index in [1.165, 1.54) is 6.92 Å². The Kier molecular flexibility index (Phi) is 3.87. The third kappa shape index (κ3) is 2.79. The van der Waals surface area contributed by atoms with Crippen molar-refractivity contribution in [3.8, 4) is 0 Å². The molecule has 62 valence electrons. The molecule has 0 spiro atoms. The fourth-order valence-electron chi connectivity index (χ4n) is 0.474. The van der Waals surface area contributed by atoms with Gasteiger partial charge in [-0.25, -0.2) is 10.3 Å². The van der Waals surface area contributed by atoms with Crippen molar-refractivity contribution in [3.05, 3.63) is 11.5 Å². The van der Waals surface area contributed by atoms with E-state index in [1.54, 1.807) is 6.92 Å². The molecule has 0 heterocycles. The van der Waals surface area contributed by atoms with Gasteiger partial charge in [-0.15, -0.1) is 5.11 Å². The second-order valence-electron chi connectivity index (χ2n) is 1.77. The van der Waals surface area contributed by atoms with Crippen LogP contribution in [0.15, 0.2) is 16.6 Å². The van der Waals surface area contributed by atoms with Crippen LogP contribution in [0.4, 0.5) is 0 Å². The molecule has 5 heteroatoms. The van der Waals surface area contributed by atoms with Gasteiger partial charge in [0.15, 0.2) is 0 Å². The Morgan fingerprint density at radius 1 is 1.73 bits per heavy atom. The standard InChI is InChI=1S/C6H10N2O3/c1-3-11-6(10)5(8-7)4(2)9/h7,9H,3H2,1-2H3. The molecule has 0 bridgehead atoms. The van der Waals surface area contributed by atoms with Gasteiger partial charge in [-0.2, -0.15) is 0 Å². The quantitative estimate of drug-likeness (QED) is 0.281. The number of nitrogens with one attached hydrogen (secondary N) is 1. The molecule has 0 fully saturated rings. The summed E-state index contributed by atoms with van der Waals surface area (Å²) in [6.07, 6.45) is 0. The third-order valence-electron chi connectivity index (χ3n) is 0.923. The summed E-state index contributed by atoms with van der Waals surface area (Å²) in [5.41, 5.74) is 6.15. The largest absolute Gasteiger partial charge is 0.510 e. The molecule has 0 atom stereocenters. The van der Waals surface area contributed by atoms with Crippen molar-refractivity contribution in [1.29, 1.82) is 5.53 Å². The first kappa shape index (κ1) is 9.61. The minimum absolute atomic E-state index is 0.200. The smallest absolute Gasteiger partial charge is 0.362 e. The van der Waals surface area contributed by atoms with Crippen molar-refractivity contribution >= 4 is 5.97 Å². The van der Waals surface area contributed by atoms with Crippen LogP contribution < -0.4 is 0 Å². The van der Waals surface area contributed by atoms with Crippen molar-refractivity contribution < 1.29 is 14.6 Å². The van der Waals surface area contributed by atoms with Crippen LogP contribution in [0, 0.1) is 5.53 Å². The Morgan fingerprint density at radius 2 is 2.27 bits per heavy atom. The molecule has 0 aliphatic carbocycles. The van der Waals surface area contributed by atoms with Crippen LogP contribution in [0.1, 0.15) is 13.8 Å². The minimum atomic E-state index is -0.775. The molecule has 0 saturated heterocycles. The lowest BCUT2D eigenvalue weighted by Crippen LogP contribution is -2.07. The Morgan fingerprint density at radius 3 is 2.55 bits per heavy atom. The Hall–Kier alpha value is -1.39. The molecule has 0 rings (SSSR count). The SMILES string of the molecule is CCOC(=O)C(N=N)=C(C)O. The first-order chi connectivity index (χ1) is 5.13. The predicted octanol–water partition coefficient (Wildman–Crippen LogP) is 1.37. The number of carbonyl (C=O) groups excluding carboxylic acids is 1. The molecular weight excluding hydrogens is 148 g/mol. The van der Waals surface area contributed by atoms with Crippen molar-refractivity contribution in [2.75, 3.05) is 6.61 Å². The average Bonchev–Trinajstić information content (AvgIpc) is 1.88. The van der Waals surface area contributed by atoms with E-state index in [0.29, 0.717) is 0 Å². The molecule has 0 amide bonds. The predicted molar refractivity (Wildman–Crippen MR) is 37.1 cm³/mol. The Labute approximate surface area is 64.2 Å². The van der Waals surface area contributed by atoms with Gasteiger partial charge in [-0.05, 0) is 13.8 Å². The first-order valence-corrected chi connectivity index (χ1v) is 3.07. The van der Waals surface area contributed by atoms with E-state index in [2.05, 4.69) is 9.85 Å². The molecule has 0 radical (unpaired) electrons. The summed E-state index contributed by atoms with van der Waals surface area (Å²) in [5, 5.41) is 11.6. The van der Waals surface area contributed by atoms with Crippen LogP contribution in [-0.4, -0.2) is 17.7 Å². The fraction of sp³-hybridized carbons (Fsp3) is 0.500. The van der Waals surface area contributed by atoms with Crippen molar-refractivity contribution in [2.45, 2.75) is 13.8 Å². The van der Waals surface area contributed by atoms with E-state index in [9.17, 15) is 4.79 Å². The van der Waals surface area contributed by atoms with E-state index >= 15 is 0 Å². The Balaban J connectivity index is 4.40. The first-order valence-electron chi connectivity index (χ1n) is 3.07. The highest BCUT2D eigenvalue weighted by Crippen LogP contribution is 2.04. The summed E-state index contributed by atoms with van der Waals surface area (Å²) >= 11 is 0. The molecule has 5 nitrogen and oxygen atoms in total. The maximum atomic E-state index is 10.8. The molecule has 0 aliphatic rings. The Bertz CT molecular complexity index is 194. The molecule has 0 aromatic carbocycles. The molecule has 0 aromatic rings. The molecular formula is C6H10N2O3. The molecule has 0 aromatic heterocycles. The lowest BCUT2D eigenvalue weighted by molar-refractivity contribution is -0.138. The summed E-state index contributed by atoms with van der Waals surface area (Å²) in [7, 11) is 0. The number of rotatable bonds is 3. The van der Waals surface area contributed by atoms with E-state index in [-0.39, 0.29) is 18.1 Å². The number of aliphatic hydroxyl groups excluding tert-OH is 1. The normalized spacial score (nSPS) is 11.8. The van der Waals surface area contributed by atoms with Crippen molar-refractivity contribution in [3.63, 3.8) is 0 Å². The third-order valence-corrected chi connectivity index (χ3v) is 0.923. The lowest BCUT2D eigenvalue weighted by Gasteiger charge is -2.00. The number of esters is 1. The number of allylic oxidation sites excluding steroid dienone is 1. The fourth-order valence-corrected chi connectivity index (χ4v) is 0.474. The zero-order valence-electron chi connectivity index (χ0n) is 6.42. The zero-order chi connectivity index (χ0) is 8.85. The maximum Gasteiger partial charge on any atom is 0.362 e. The summed E-state index contributed by atoms with van der Waals surface area (Å²) in [6.45, 7) is 3.10. The topological polar surface area (TPSA) is 82.7 Å². The second-order valence-corrected chi connectivity index (χ2v) is 1.77. The van der Waals surface area contributed by atoms with E-state index in [1.807, 2.05) is 0 Å². The van der Waals surface area contributed by atoms with E-state index < -0.39 is 5.97 Å². The van der Waals surface area contributed by atoms with E-state index in [4.69, 9.17) is 10.6 Å². The van der Waals surface area contributed by atoms with Crippen LogP contribution in [0.3, 0.4) is 0 Å². The van der Waals surface area contributed by atoms with Gasteiger partial charge in [0, 0.05) is 0 Å². The number of aliphatic hydroxyl groups is 1. The minimum Gasteiger partial charge on any atom is -0.510 e. The molecule has 11 heavy (non-hydrogen) atoms. The van der Waals surface area contributed by atoms with Crippen LogP contribution in [-0.2, 0) is 9.53 Å². The number of nitrogens with zero attached hydrogens (tertiary/aromatic N) is 1. The highest BCUT2D eigenvalue weighted by Gasteiger charge is 2.12. The van der Waals surface area contributed by atoms with Gasteiger partial charge in [-0.3, -0.25) is 0 Å². The van der Waals surface area contributed by atoms with Gasteiger partial charge in [-0.1, -0.05) is 0 Å². The number of ether oxygens (including phenoxy) is 1. The van der Waals surface area contributed by atoms with Gasteiger partial charge in [0.05, 0.1) is 6.61 Å². The van der Waals surface area contributed by atoms with Gasteiger partial charge in [0.25, 0.3) is 0 Å². The van der Waals surface area contributed by atoms with Crippen molar-refractivity contribution in [1.82, 2.24) is 0 Å². The zero-order valence-corrected chi connectivity index (χ0v) is 6.42. The van der Waals surface area contributed by atoms with Gasteiger partial charge in [0.1, 0.15) is 5.76 Å². The number of hydrogen-bond donors (Lipinski definition) is 2. The molecule has 2 N–H and O–H groups in total. The average molecular weight is 158 g/mol. The summed E-state index contributed by atoms with van der Waals surface area (Å²) < 4.78 is 4.49. The molecule has 0 unspecified atom stereocenters. The summed E-state index contributed by atoms with van der Waals surface area (Å²) in [6, 6.07) is 0. The second kappa shape index (κ2) is 4.43. The lowest BCUT2D eigenvalue weighted by atomic mass is 10.4. The van der Waals surface area contributed by atoms with Gasteiger partial charge >= 0.3 is 5.97 Å².